The molecule has 0 spiro atoms. The number of quaternary nitrogens is 2. The van der Waals surface area contributed by atoms with Crippen molar-refractivity contribution in [1.82, 2.24) is 4.98 Å². The van der Waals surface area contributed by atoms with E-state index in [9.17, 15) is 0 Å². The zero-order chi connectivity index (χ0) is 16.9. The number of hydrogen-bond donors (Lipinski definition) is 2. The van der Waals surface area contributed by atoms with Crippen LogP contribution in [-0.4, -0.2) is 18.1 Å². The Morgan fingerprint density at radius 3 is 1.76 bits per heavy atom. The Hall–Kier alpha value is -2.49. The lowest BCUT2D eigenvalue weighted by atomic mass is 10.1. The molecular weight excluding hydrogens is 306 g/mol. The van der Waals surface area contributed by atoms with Crippen LogP contribution >= 0.6 is 0 Å². The number of hydrogen-bond acceptors (Lipinski definition) is 1. The minimum atomic E-state index is 0.439. The van der Waals surface area contributed by atoms with E-state index in [0.717, 1.165) is 13.1 Å². The summed E-state index contributed by atoms with van der Waals surface area (Å²) in [5.41, 5.74) is 4.16. The molecule has 2 heterocycles. The minimum absolute atomic E-state index is 0.439. The lowest BCUT2D eigenvalue weighted by molar-refractivity contribution is -1.09. The normalized spacial score (nSPS) is 22.8. The van der Waals surface area contributed by atoms with Crippen LogP contribution in [0.1, 0.15) is 22.9 Å². The molecule has 126 valence electrons. The fourth-order valence-electron chi connectivity index (χ4n) is 4.01. The van der Waals surface area contributed by atoms with Gasteiger partial charge >= 0.3 is 0 Å². The standard InChI is InChI=1S/C22H23N3/c1-3-8-19(9-4-1)17-24-14-15-25(18-20-10-5-2-6-11-20)22(24)21-12-7-13-23-16-21/h1-13,16,22H,14-15,17-18H2/p+2. The molecule has 0 saturated carbocycles. The number of pyridine rings is 1. The molecule has 1 saturated heterocycles. The van der Waals surface area contributed by atoms with Crippen molar-refractivity contribution in [2.24, 2.45) is 0 Å². The Morgan fingerprint density at radius 1 is 0.720 bits per heavy atom. The molecule has 1 aromatic heterocycles. The summed E-state index contributed by atoms with van der Waals surface area (Å²) >= 11 is 0. The van der Waals surface area contributed by atoms with E-state index in [-0.39, 0.29) is 0 Å². The summed E-state index contributed by atoms with van der Waals surface area (Å²) in [6.45, 7) is 4.52. The van der Waals surface area contributed by atoms with Crippen molar-refractivity contribution in [3.05, 3.63) is 102 Å². The predicted molar refractivity (Wildman–Crippen MR) is 98.9 cm³/mol. The smallest absolute Gasteiger partial charge is 0.242 e. The molecule has 0 aliphatic carbocycles. The van der Waals surface area contributed by atoms with E-state index >= 15 is 0 Å². The Morgan fingerprint density at radius 2 is 1.28 bits per heavy atom. The van der Waals surface area contributed by atoms with Gasteiger partial charge in [0.15, 0.2) is 0 Å². The summed E-state index contributed by atoms with van der Waals surface area (Å²) in [5.74, 6) is 0. The monoisotopic (exact) mass is 331 g/mol. The summed E-state index contributed by atoms with van der Waals surface area (Å²) in [7, 11) is 0. The molecular formula is C22H25N3+2. The van der Waals surface area contributed by atoms with Crippen molar-refractivity contribution in [3.8, 4) is 0 Å². The van der Waals surface area contributed by atoms with Crippen molar-refractivity contribution < 1.29 is 9.80 Å². The highest BCUT2D eigenvalue weighted by Crippen LogP contribution is 2.07. The van der Waals surface area contributed by atoms with Crippen LogP contribution in [0.4, 0.5) is 0 Å². The van der Waals surface area contributed by atoms with Gasteiger partial charge in [-0.05, 0) is 12.1 Å². The van der Waals surface area contributed by atoms with E-state index < -0.39 is 0 Å². The zero-order valence-corrected chi connectivity index (χ0v) is 14.4. The van der Waals surface area contributed by atoms with Crippen LogP contribution in [-0.2, 0) is 13.1 Å². The first-order valence-corrected chi connectivity index (χ1v) is 9.07. The highest BCUT2D eigenvalue weighted by atomic mass is 15.4. The summed E-state index contributed by atoms with van der Waals surface area (Å²) < 4.78 is 0. The third kappa shape index (κ3) is 3.78. The van der Waals surface area contributed by atoms with Crippen molar-refractivity contribution in [2.75, 3.05) is 13.1 Å². The summed E-state index contributed by atoms with van der Waals surface area (Å²) in [6, 6.07) is 26.0. The second-order valence-corrected chi connectivity index (χ2v) is 6.86. The van der Waals surface area contributed by atoms with E-state index in [0.29, 0.717) is 6.17 Å². The molecule has 25 heavy (non-hydrogen) atoms. The molecule has 0 radical (unpaired) electrons. The average molecular weight is 331 g/mol. The van der Waals surface area contributed by atoms with Gasteiger partial charge in [0, 0.05) is 23.5 Å². The van der Waals surface area contributed by atoms with Gasteiger partial charge in [-0.15, -0.1) is 0 Å². The fraction of sp³-hybridized carbons (Fsp3) is 0.227. The minimum Gasteiger partial charge on any atom is -0.273 e. The second kappa shape index (κ2) is 7.60. The van der Waals surface area contributed by atoms with E-state index in [1.807, 2.05) is 12.4 Å². The van der Waals surface area contributed by atoms with Crippen LogP contribution in [0.3, 0.4) is 0 Å². The van der Waals surface area contributed by atoms with E-state index in [4.69, 9.17) is 0 Å². The molecule has 0 amide bonds. The SMILES string of the molecule is c1ccc(C[NH+]2CC[NH+](Cc3ccccc3)C2c2cccnc2)cc1. The van der Waals surface area contributed by atoms with Gasteiger partial charge < -0.3 is 0 Å². The molecule has 1 fully saturated rings. The van der Waals surface area contributed by atoms with Crippen molar-refractivity contribution in [1.29, 1.82) is 0 Å². The largest absolute Gasteiger partial charge is 0.273 e. The van der Waals surface area contributed by atoms with E-state index in [2.05, 4.69) is 77.8 Å². The molecule has 4 rings (SSSR count). The Labute approximate surface area is 149 Å². The highest BCUT2D eigenvalue weighted by Gasteiger charge is 2.40. The van der Waals surface area contributed by atoms with Crippen molar-refractivity contribution >= 4 is 0 Å². The maximum atomic E-state index is 4.39. The molecule has 1 aliphatic heterocycles. The molecule has 0 bridgehead atoms. The van der Waals surface area contributed by atoms with Gasteiger partial charge in [0.25, 0.3) is 0 Å². The summed E-state index contributed by atoms with van der Waals surface area (Å²) in [6.07, 6.45) is 4.35. The molecule has 2 unspecified atom stereocenters. The number of benzene rings is 2. The molecule has 3 aromatic rings. The van der Waals surface area contributed by atoms with Crippen LogP contribution in [0.5, 0.6) is 0 Å². The van der Waals surface area contributed by atoms with E-state index in [1.165, 1.54) is 29.8 Å². The van der Waals surface area contributed by atoms with Gasteiger partial charge in [0.2, 0.25) is 6.17 Å². The van der Waals surface area contributed by atoms with Crippen LogP contribution in [0, 0.1) is 0 Å². The number of nitrogens with zero attached hydrogens (tertiary/aromatic N) is 1. The third-order valence-corrected chi connectivity index (χ3v) is 5.15. The Balaban J connectivity index is 1.59. The quantitative estimate of drug-likeness (QED) is 0.722. The van der Waals surface area contributed by atoms with Gasteiger partial charge in [-0.2, -0.15) is 0 Å². The van der Waals surface area contributed by atoms with Gasteiger partial charge in [-0.3, -0.25) is 14.8 Å². The summed E-state index contributed by atoms with van der Waals surface area (Å²) in [5, 5.41) is 0. The van der Waals surface area contributed by atoms with Gasteiger partial charge in [-0.1, -0.05) is 60.7 Å². The lowest BCUT2D eigenvalue weighted by Crippen LogP contribution is -3.22. The van der Waals surface area contributed by atoms with Gasteiger partial charge in [-0.25, -0.2) is 0 Å². The predicted octanol–water partition coefficient (Wildman–Crippen LogP) is 1.26. The first-order valence-electron chi connectivity index (χ1n) is 9.07. The van der Waals surface area contributed by atoms with Crippen molar-refractivity contribution in [3.63, 3.8) is 0 Å². The van der Waals surface area contributed by atoms with Crippen LogP contribution in [0.15, 0.2) is 85.2 Å². The maximum Gasteiger partial charge on any atom is 0.242 e. The summed E-state index contributed by atoms with van der Waals surface area (Å²) in [4.78, 5) is 7.65. The third-order valence-electron chi connectivity index (χ3n) is 5.15. The molecule has 3 nitrogen and oxygen atoms in total. The van der Waals surface area contributed by atoms with Crippen molar-refractivity contribution in [2.45, 2.75) is 19.3 Å². The molecule has 1 aliphatic rings. The lowest BCUT2D eigenvalue weighted by Gasteiger charge is -2.24. The average Bonchev–Trinajstić information content (AvgIpc) is 3.06. The first kappa shape index (κ1) is 16.0. The Kier molecular flexibility index (Phi) is 4.86. The van der Waals surface area contributed by atoms with Crippen LogP contribution in [0.2, 0.25) is 0 Å². The topological polar surface area (TPSA) is 21.8 Å². The molecule has 3 heteroatoms. The highest BCUT2D eigenvalue weighted by molar-refractivity contribution is 5.15. The fourth-order valence-corrected chi connectivity index (χ4v) is 4.01. The molecule has 2 atom stereocenters. The second-order valence-electron chi connectivity index (χ2n) is 6.86. The van der Waals surface area contributed by atoms with Gasteiger partial charge in [0.1, 0.15) is 26.2 Å². The van der Waals surface area contributed by atoms with E-state index in [1.54, 1.807) is 9.80 Å². The maximum absolute atomic E-state index is 4.39. The van der Waals surface area contributed by atoms with Gasteiger partial charge in [0.05, 0.1) is 5.56 Å². The first-order chi connectivity index (χ1) is 12.4. The molecule has 2 aromatic carbocycles. The molecule has 2 N–H and O–H groups in total. The number of aromatic nitrogens is 1. The van der Waals surface area contributed by atoms with Crippen LogP contribution < -0.4 is 9.80 Å². The van der Waals surface area contributed by atoms with Crippen LogP contribution in [0.25, 0.3) is 0 Å². The zero-order valence-electron chi connectivity index (χ0n) is 14.4. The number of rotatable bonds is 5. The number of nitrogens with one attached hydrogen (secondary N) is 2. The Bertz CT molecular complexity index is 725.